The topological polar surface area (TPSA) is 115 Å². The van der Waals surface area contributed by atoms with E-state index in [-0.39, 0.29) is 28.4 Å². The van der Waals surface area contributed by atoms with Gasteiger partial charge in [-0.25, -0.2) is 8.78 Å². The van der Waals surface area contributed by atoms with E-state index in [2.05, 4.69) is 20.7 Å². The summed E-state index contributed by atoms with van der Waals surface area (Å²) >= 11 is 0. The van der Waals surface area contributed by atoms with Crippen molar-refractivity contribution in [2.24, 2.45) is 15.9 Å². The zero-order chi connectivity index (χ0) is 22.7. The third-order valence-corrected chi connectivity index (χ3v) is 5.31. The molecule has 0 bridgehead atoms. The van der Waals surface area contributed by atoms with Crippen LogP contribution in [-0.4, -0.2) is 60.2 Å². The zero-order valence-electron chi connectivity index (χ0n) is 17.1. The maximum Gasteiger partial charge on any atom is 0.253 e. The Morgan fingerprint density at radius 2 is 1.88 bits per heavy atom. The Labute approximate surface area is 183 Å². The second-order valence-corrected chi connectivity index (χ2v) is 7.33. The summed E-state index contributed by atoms with van der Waals surface area (Å²) in [4.78, 5) is 18.6. The van der Waals surface area contributed by atoms with Crippen LogP contribution in [-0.2, 0) is 0 Å². The van der Waals surface area contributed by atoms with Gasteiger partial charge in [0, 0.05) is 48.6 Å². The molecule has 8 nitrogen and oxygen atoms in total. The molecule has 32 heavy (non-hydrogen) atoms. The normalized spacial score (nSPS) is 18.8. The number of aliphatic hydroxyl groups excluding tert-OH is 1. The maximum atomic E-state index is 14.2. The molecule has 166 valence electrons. The van der Waals surface area contributed by atoms with Crippen molar-refractivity contribution >= 4 is 35.3 Å². The van der Waals surface area contributed by atoms with Crippen LogP contribution in [0.2, 0.25) is 0 Å². The minimum Gasteiger partial charge on any atom is -0.369 e. The molecule has 0 radical (unpaired) electrons. The van der Waals surface area contributed by atoms with E-state index in [1.165, 1.54) is 18.4 Å². The Kier molecular flexibility index (Phi) is 6.24. The number of nitrogens with two attached hydrogens (primary N) is 1. The van der Waals surface area contributed by atoms with Crippen molar-refractivity contribution in [1.82, 2.24) is 10.2 Å². The van der Waals surface area contributed by atoms with Crippen molar-refractivity contribution < 1.29 is 18.7 Å². The number of nitrogens with zero attached hydrogens (tertiary/aromatic N) is 3. The highest BCUT2D eigenvalue weighted by Gasteiger charge is 2.25. The van der Waals surface area contributed by atoms with Crippen molar-refractivity contribution in [3.63, 3.8) is 0 Å². The largest absolute Gasteiger partial charge is 0.369 e. The molecule has 1 unspecified atom stereocenters. The summed E-state index contributed by atoms with van der Waals surface area (Å²) in [5.74, 6) is 3.37. The van der Waals surface area contributed by atoms with Crippen molar-refractivity contribution in [2.45, 2.75) is 6.23 Å². The zero-order valence-corrected chi connectivity index (χ0v) is 17.1. The predicted octanol–water partition coefficient (Wildman–Crippen LogP) is 1.85. The second-order valence-electron chi connectivity index (χ2n) is 7.33. The first-order valence-corrected chi connectivity index (χ1v) is 10.0. The number of fused-ring (bicyclic) bond motifs is 1. The van der Waals surface area contributed by atoms with Crippen LogP contribution in [0.5, 0.6) is 0 Å². The monoisotopic (exact) mass is 440 g/mol. The van der Waals surface area contributed by atoms with Crippen LogP contribution in [0, 0.1) is 11.6 Å². The van der Waals surface area contributed by atoms with Crippen LogP contribution in [0.1, 0.15) is 15.9 Å². The van der Waals surface area contributed by atoms with E-state index >= 15 is 0 Å². The molecule has 1 fully saturated rings. The molecule has 5 N–H and O–H groups in total. The van der Waals surface area contributed by atoms with Gasteiger partial charge < -0.3 is 26.5 Å². The molecule has 2 aromatic carbocycles. The summed E-state index contributed by atoms with van der Waals surface area (Å²) in [6, 6.07) is 9.02. The molecule has 0 aliphatic carbocycles. The molecule has 10 heteroatoms. The highest BCUT2D eigenvalue weighted by molar-refractivity contribution is 6.40. The number of hydrogen-bond acceptors (Lipinski definition) is 7. The fourth-order valence-corrected chi connectivity index (χ4v) is 3.57. The Balaban J connectivity index is 1.52. The number of anilines is 1. The number of carbonyl (C=O) groups is 1. The fraction of sp³-hybridized carbons (Fsp3) is 0.227. The third kappa shape index (κ3) is 4.36. The van der Waals surface area contributed by atoms with Gasteiger partial charge in [-0.15, -0.1) is 0 Å². The van der Waals surface area contributed by atoms with E-state index in [1.54, 1.807) is 29.2 Å². The van der Waals surface area contributed by atoms with Gasteiger partial charge in [0.25, 0.3) is 5.91 Å². The number of nitrogens with one attached hydrogen (secondary N) is 2. The molecule has 1 atom stereocenters. The molecule has 1 saturated heterocycles. The minimum atomic E-state index is -1.24. The first-order valence-electron chi connectivity index (χ1n) is 10.0. The van der Waals surface area contributed by atoms with Crippen LogP contribution < -0.4 is 16.5 Å². The second kappa shape index (κ2) is 9.25. The van der Waals surface area contributed by atoms with Crippen LogP contribution in [0.3, 0.4) is 0 Å². The van der Waals surface area contributed by atoms with Crippen molar-refractivity contribution in [3.05, 3.63) is 64.7 Å². The Morgan fingerprint density at radius 1 is 1.16 bits per heavy atom. The highest BCUT2D eigenvalue weighted by atomic mass is 19.2. The molecule has 0 saturated carbocycles. The van der Waals surface area contributed by atoms with Gasteiger partial charge in [-0.1, -0.05) is 0 Å². The lowest BCUT2D eigenvalue weighted by molar-refractivity contribution is 0.0736. The number of aliphatic imine (C=N–C) groups is 1. The van der Waals surface area contributed by atoms with Gasteiger partial charge in [0.15, 0.2) is 17.9 Å². The van der Waals surface area contributed by atoms with Crippen molar-refractivity contribution in [1.29, 1.82) is 0 Å². The maximum absolute atomic E-state index is 14.2. The lowest BCUT2D eigenvalue weighted by Gasteiger charge is -2.27. The molecule has 4 rings (SSSR count). The Bertz CT molecular complexity index is 1110. The number of halogens is 2. The number of hydrogen-bond donors (Lipinski definition) is 4. The summed E-state index contributed by atoms with van der Waals surface area (Å²) in [7, 11) is 0. The first kappa shape index (κ1) is 21.6. The van der Waals surface area contributed by atoms with Gasteiger partial charge >= 0.3 is 0 Å². The van der Waals surface area contributed by atoms with Gasteiger partial charge in [0.05, 0.1) is 11.9 Å². The van der Waals surface area contributed by atoms with Crippen LogP contribution >= 0.6 is 0 Å². The number of amides is 1. The molecule has 2 heterocycles. The van der Waals surface area contributed by atoms with Crippen molar-refractivity contribution in [2.75, 3.05) is 31.5 Å². The summed E-state index contributed by atoms with van der Waals surface area (Å²) in [5.41, 5.74) is 1.51. The summed E-state index contributed by atoms with van der Waals surface area (Å²) in [6.45, 7) is 2.86. The lowest BCUT2D eigenvalue weighted by atomic mass is 9.99. The SMILES string of the molecule is NN=C(C=Nc1ccc(C(=O)N2CCNCC2)cc1)C1=Cc2c(ccc(F)c2F)NC1O. The Morgan fingerprint density at radius 3 is 2.56 bits per heavy atom. The minimum absolute atomic E-state index is 0.0410. The van der Waals surface area contributed by atoms with E-state index in [4.69, 9.17) is 5.84 Å². The summed E-state index contributed by atoms with van der Waals surface area (Å²) < 4.78 is 27.7. The first-order chi connectivity index (χ1) is 15.5. The molecule has 0 aromatic heterocycles. The predicted molar refractivity (Wildman–Crippen MR) is 119 cm³/mol. The van der Waals surface area contributed by atoms with Gasteiger partial charge in [-0.3, -0.25) is 9.79 Å². The molecule has 2 aliphatic rings. The number of piperazine rings is 1. The van der Waals surface area contributed by atoms with Gasteiger partial charge in [-0.05, 0) is 42.5 Å². The van der Waals surface area contributed by atoms with E-state index in [1.807, 2.05) is 0 Å². The Hall–Kier alpha value is -3.63. The quantitative estimate of drug-likeness (QED) is 0.329. The molecule has 0 spiro atoms. The average molecular weight is 440 g/mol. The van der Waals surface area contributed by atoms with E-state index in [0.717, 1.165) is 19.2 Å². The number of rotatable bonds is 4. The van der Waals surface area contributed by atoms with E-state index in [9.17, 15) is 18.7 Å². The molecule has 2 aromatic rings. The summed E-state index contributed by atoms with van der Waals surface area (Å²) in [5, 5.41) is 19.9. The fourth-order valence-electron chi connectivity index (χ4n) is 3.57. The summed E-state index contributed by atoms with van der Waals surface area (Å²) in [6.07, 6.45) is 1.36. The van der Waals surface area contributed by atoms with Crippen LogP contribution in [0.15, 0.2) is 52.1 Å². The van der Waals surface area contributed by atoms with Gasteiger partial charge in [0.1, 0.15) is 5.71 Å². The highest BCUT2D eigenvalue weighted by Crippen LogP contribution is 2.30. The van der Waals surface area contributed by atoms with Crippen LogP contribution in [0.25, 0.3) is 6.08 Å². The molecule has 2 aliphatic heterocycles. The number of hydrazone groups is 1. The van der Waals surface area contributed by atoms with E-state index < -0.39 is 17.9 Å². The van der Waals surface area contributed by atoms with Crippen LogP contribution in [0.4, 0.5) is 20.2 Å². The molecule has 1 amide bonds. The standard InChI is InChI=1S/C22H22F2N6O2/c23-17-5-6-18-15(20(17)24)11-16(21(31)28-18)19(29-25)12-27-14-3-1-13(2-4-14)22(32)30-9-7-26-8-10-30/h1-6,11-12,21,26,28,31H,7-10,25H2. The number of benzene rings is 2. The van der Waals surface area contributed by atoms with E-state index in [0.29, 0.717) is 24.3 Å². The molecular weight excluding hydrogens is 418 g/mol. The van der Waals surface area contributed by atoms with Gasteiger partial charge in [0.2, 0.25) is 0 Å². The van der Waals surface area contributed by atoms with Crippen molar-refractivity contribution in [3.8, 4) is 0 Å². The third-order valence-electron chi connectivity index (χ3n) is 5.31. The molecular formula is C22H22F2N6O2. The lowest BCUT2D eigenvalue weighted by Crippen LogP contribution is -2.46. The number of aliphatic hydroxyl groups is 1. The van der Waals surface area contributed by atoms with Gasteiger partial charge in [-0.2, -0.15) is 5.10 Å². The average Bonchev–Trinajstić information content (AvgIpc) is 2.83. The number of carbonyl (C=O) groups excluding carboxylic acids is 1. The smallest absolute Gasteiger partial charge is 0.253 e.